The van der Waals surface area contributed by atoms with E-state index in [2.05, 4.69) is 34.4 Å². The van der Waals surface area contributed by atoms with Crippen molar-refractivity contribution in [3.05, 3.63) is 53.7 Å². The molecule has 10 heteroatoms. The third-order valence-electron chi connectivity index (χ3n) is 7.96. The molecule has 10 nitrogen and oxygen atoms in total. The Balaban J connectivity index is 1.28. The summed E-state index contributed by atoms with van der Waals surface area (Å²) in [5.41, 5.74) is 2.10. The van der Waals surface area contributed by atoms with Gasteiger partial charge in [-0.3, -0.25) is 14.4 Å². The summed E-state index contributed by atoms with van der Waals surface area (Å²) in [6.45, 7) is 11.6. The monoisotopic (exact) mass is 564 g/mol. The number of benzene rings is 1. The van der Waals surface area contributed by atoms with Crippen LogP contribution in [0.5, 0.6) is 0 Å². The average molecular weight is 565 g/mol. The molecule has 2 aromatic rings. The van der Waals surface area contributed by atoms with Crippen LogP contribution in [0.2, 0.25) is 0 Å². The molecule has 41 heavy (non-hydrogen) atoms. The van der Waals surface area contributed by atoms with Gasteiger partial charge in [-0.15, -0.1) is 0 Å². The van der Waals surface area contributed by atoms with Crippen LogP contribution < -0.4 is 15.5 Å². The van der Waals surface area contributed by atoms with E-state index in [1.165, 1.54) is 0 Å². The number of rotatable bonds is 9. The number of aliphatic hydroxyl groups is 1. The van der Waals surface area contributed by atoms with Gasteiger partial charge < -0.3 is 30.4 Å². The van der Waals surface area contributed by atoms with E-state index in [-0.39, 0.29) is 42.2 Å². The Hall–Kier alpha value is -3.66. The van der Waals surface area contributed by atoms with Crippen molar-refractivity contribution in [1.82, 2.24) is 20.1 Å². The number of nitrogens with zero attached hydrogens (tertiary/aromatic N) is 4. The smallest absolute Gasteiger partial charge is 0.253 e. The van der Waals surface area contributed by atoms with Crippen LogP contribution in [0.15, 0.2) is 42.6 Å². The molecule has 1 aromatic carbocycles. The first kappa shape index (κ1) is 30.3. The number of carbonyl (C=O) groups is 3. The van der Waals surface area contributed by atoms with Gasteiger partial charge in [-0.25, -0.2) is 4.98 Å². The number of pyridine rings is 1. The Bertz CT molecular complexity index is 1190. The lowest BCUT2D eigenvalue weighted by Gasteiger charge is -2.36. The molecular weight excluding hydrogens is 520 g/mol. The van der Waals surface area contributed by atoms with Crippen molar-refractivity contribution in [2.24, 2.45) is 11.8 Å². The van der Waals surface area contributed by atoms with Crippen LogP contribution in [0.25, 0.3) is 0 Å². The number of piperidine rings is 1. The number of hydrogen-bond acceptors (Lipinski definition) is 7. The van der Waals surface area contributed by atoms with Crippen LogP contribution in [0.3, 0.4) is 0 Å². The fraction of sp³-hybridized carbons (Fsp3) is 0.548. The van der Waals surface area contributed by atoms with Gasteiger partial charge >= 0.3 is 0 Å². The van der Waals surface area contributed by atoms with Gasteiger partial charge in [0.05, 0.1) is 18.3 Å². The molecule has 0 bridgehead atoms. The quantitative estimate of drug-likeness (QED) is 0.429. The second kappa shape index (κ2) is 13.8. The van der Waals surface area contributed by atoms with Gasteiger partial charge in [0, 0.05) is 68.6 Å². The molecule has 3 heterocycles. The van der Waals surface area contributed by atoms with Crippen molar-refractivity contribution in [2.45, 2.75) is 52.6 Å². The summed E-state index contributed by atoms with van der Waals surface area (Å²) in [6, 6.07) is 10.9. The molecule has 2 aliphatic rings. The molecule has 0 aliphatic carbocycles. The number of hydrogen-bond donors (Lipinski definition) is 3. The van der Waals surface area contributed by atoms with Crippen LogP contribution in [0.1, 0.15) is 61.3 Å². The number of amides is 3. The number of anilines is 2. The fourth-order valence-corrected chi connectivity index (χ4v) is 5.38. The topological polar surface area (TPSA) is 118 Å². The highest BCUT2D eigenvalue weighted by atomic mass is 16.3. The van der Waals surface area contributed by atoms with Gasteiger partial charge in [0.2, 0.25) is 5.91 Å². The number of carbonyl (C=O) groups excluding carboxylic acids is 3. The molecule has 1 aromatic heterocycles. The van der Waals surface area contributed by atoms with E-state index in [0.29, 0.717) is 69.3 Å². The Morgan fingerprint density at radius 2 is 1.44 bits per heavy atom. The second-order valence-electron chi connectivity index (χ2n) is 11.6. The molecule has 3 N–H and O–H groups in total. The highest BCUT2D eigenvalue weighted by Gasteiger charge is 2.30. The van der Waals surface area contributed by atoms with E-state index in [9.17, 15) is 19.5 Å². The summed E-state index contributed by atoms with van der Waals surface area (Å²) in [7, 11) is 0. The zero-order valence-electron chi connectivity index (χ0n) is 24.7. The first-order chi connectivity index (χ1) is 19.7. The maximum absolute atomic E-state index is 13.2. The van der Waals surface area contributed by atoms with Gasteiger partial charge in [-0.05, 0) is 69.0 Å². The molecule has 0 radical (unpaired) electrons. The van der Waals surface area contributed by atoms with Crippen LogP contribution in [0.4, 0.5) is 11.5 Å². The number of aliphatic hydroxyl groups excluding tert-OH is 1. The maximum Gasteiger partial charge on any atom is 0.253 e. The molecule has 2 aliphatic heterocycles. The Labute approximate surface area is 243 Å². The third-order valence-corrected chi connectivity index (χ3v) is 7.96. The van der Waals surface area contributed by atoms with E-state index < -0.39 is 0 Å². The first-order valence-electron chi connectivity index (χ1n) is 14.7. The van der Waals surface area contributed by atoms with E-state index in [1.54, 1.807) is 35.4 Å². The normalized spacial score (nSPS) is 17.1. The summed E-state index contributed by atoms with van der Waals surface area (Å²) in [5, 5.41) is 15.9. The van der Waals surface area contributed by atoms with Crippen molar-refractivity contribution >= 4 is 29.2 Å². The largest absolute Gasteiger partial charge is 0.394 e. The molecule has 3 amide bonds. The van der Waals surface area contributed by atoms with Gasteiger partial charge in [0.15, 0.2) is 5.82 Å². The first-order valence-corrected chi connectivity index (χ1v) is 14.7. The molecule has 0 saturated carbocycles. The number of nitrogens with one attached hydrogen (secondary N) is 2. The summed E-state index contributed by atoms with van der Waals surface area (Å²) in [6.07, 6.45) is 2.97. The third kappa shape index (κ3) is 7.55. The summed E-state index contributed by atoms with van der Waals surface area (Å²) in [4.78, 5) is 49.4. The van der Waals surface area contributed by atoms with Crippen molar-refractivity contribution in [3.8, 4) is 0 Å². The summed E-state index contributed by atoms with van der Waals surface area (Å²) >= 11 is 0. The fourth-order valence-electron chi connectivity index (χ4n) is 5.38. The number of piperazine rings is 1. The van der Waals surface area contributed by atoms with Gasteiger partial charge in [-0.1, -0.05) is 13.8 Å². The average Bonchev–Trinajstić information content (AvgIpc) is 2.99. The second-order valence-corrected chi connectivity index (χ2v) is 11.6. The molecular formula is C31H44N6O4. The minimum Gasteiger partial charge on any atom is -0.394 e. The zero-order valence-corrected chi connectivity index (χ0v) is 24.7. The number of aromatic nitrogens is 1. The van der Waals surface area contributed by atoms with Crippen molar-refractivity contribution in [1.29, 1.82) is 0 Å². The lowest BCUT2D eigenvalue weighted by atomic mass is 9.94. The Kier molecular flexibility index (Phi) is 10.2. The summed E-state index contributed by atoms with van der Waals surface area (Å²) in [5.74, 6) is 0.708. The maximum atomic E-state index is 13.2. The molecule has 222 valence electrons. The summed E-state index contributed by atoms with van der Waals surface area (Å²) < 4.78 is 0. The standard InChI is InChI=1S/C31H44N6O4/c1-21(2)27(20-38)34-29(39)23-11-14-36(15-12-23)30(40)24-7-9-25(10-8-24)31(41)37-18-16-35(17-19-37)28-26(33-22(3)4)6-5-13-32-28/h5-10,13,21-23,27,33,38H,11-12,14-20H2,1-4H3,(H,34,39)/t27-/m0/s1. The highest BCUT2D eigenvalue weighted by Crippen LogP contribution is 2.25. The van der Waals surface area contributed by atoms with E-state index in [0.717, 1.165) is 11.5 Å². The van der Waals surface area contributed by atoms with Crippen LogP contribution in [0, 0.1) is 11.8 Å². The highest BCUT2D eigenvalue weighted by molar-refractivity contribution is 5.98. The Morgan fingerprint density at radius 1 is 0.878 bits per heavy atom. The van der Waals surface area contributed by atoms with Crippen molar-refractivity contribution in [3.63, 3.8) is 0 Å². The lowest BCUT2D eigenvalue weighted by molar-refractivity contribution is -0.127. The van der Waals surface area contributed by atoms with E-state index in [1.807, 2.05) is 30.9 Å². The van der Waals surface area contributed by atoms with Gasteiger partial charge in [0.25, 0.3) is 11.8 Å². The lowest BCUT2D eigenvalue weighted by Crippen LogP contribution is -2.49. The van der Waals surface area contributed by atoms with E-state index in [4.69, 9.17) is 0 Å². The molecule has 4 rings (SSSR count). The minimum atomic E-state index is -0.256. The zero-order chi connectivity index (χ0) is 29.5. The molecule has 0 unspecified atom stereocenters. The van der Waals surface area contributed by atoms with Crippen LogP contribution in [-0.2, 0) is 4.79 Å². The predicted molar refractivity (Wildman–Crippen MR) is 160 cm³/mol. The van der Waals surface area contributed by atoms with Crippen molar-refractivity contribution < 1.29 is 19.5 Å². The molecule has 2 saturated heterocycles. The minimum absolute atomic E-state index is 0.0420. The molecule has 1 atom stereocenters. The van der Waals surface area contributed by atoms with Gasteiger partial charge in [0.1, 0.15) is 0 Å². The molecule has 2 fully saturated rings. The van der Waals surface area contributed by atoms with Gasteiger partial charge in [-0.2, -0.15) is 0 Å². The SMILES string of the molecule is CC(C)Nc1cccnc1N1CCN(C(=O)c2ccc(C(=O)N3CCC(C(=O)N[C@@H](CO)C(C)C)CC3)cc2)CC1. The predicted octanol–water partition coefficient (Wildman–Crippen LogP) is 2.85. The van der Waals surface area contributed by atoms with Crippen LogP contribution in [-0.4, -0.2) is 95.6 Å². The Morgan fingerprint density at radius 3 is 1.95 bits per heavy atom. The van der Waals surface area contributed by atoms with Crippen molar-refractivity contribution in [2.75, 3.05) is 56.1 Å². The molecule has 0 spiro atoms. The van der Waals surface area contributed by atoms with Crippen LogP contribution >= 0.6 is 0 Å². The number of likely N-dealkylation sites (tertiary alicyclic amines) is 1. The van der Waals surface area contributed by atoms with E-state index >= 15 is 0 Å².